The van der Waals surface area contributed by atoms with Crippen molar-refractivity contribution in [1.29, 1.82) is 0 Å². The van der Waals surface area contributed by atoms with E-state index in [-0.39, 0.29) is 16.3 Å². The van der Waals surface area contributed by atoms with Crippen LogP contribution in [0, 0.1) is 0 Å². The van der Waals surface area contributed by atoms with Crippen molar-refractivity contribution in [3.8, 4) is 11.3 Å². The maximum atomic E-state index is 13.0. The second-order valence-corrected chi connectivity index (χ2v) is 9.16. The van der Waals surface area contributed by atoms with E-state index in [1.165, 1.54) is 18.6 Å². The number of hydrogen-bond acceptors (Lipinski definition) is 7. The maximum Gasteiger partial charge on any atom is 0.276 e. The Labute approximate surface area is 186 Å². The van der Waals surface area contributed by atoms with Gasteiger partial charge in [0.05, 0.1) is 33.8 Å². The molecule has 3 heterocycles. The third-order valence-electron chi connectivity index (χ3n) is 5.36. The number of sulfonamides is 1. The smallest absolute Gasteiger partial charge is 0.276 e. The molecule has 4 rings (SSSR count). The van der Waals surface area contributed by atoms with Crippen molar-refractivity contribution >= 4 is 33.0 Å². The van der Waals surface area contributed by atoms with Gasteiger partial charge < -0.3 is 16.0 Å². The van der Waals surface area contributed by atoms with E-state index in [0.717, 1.165) is 31.6 Å². The molecule has 9 nitrogen and oxygen atoms in total. The second-order valence-electron chi connectivity index (χ2n) is 7.60. The van der Waals surface area contributed by atoms with Gasteiger partial charge in [-0.3, -0.25) is 9.78 Å². The number of carbonyl (C=O) groups excluding carboxylic acids is 1. The van der Waals surface area contributed by atoms with E-state index in [9.17, 15) is 13.2 Å². The van der Waals surface area contributed by atoms with Gasteiger partial charge in [-0.15, -0.1) is 0 Å². The zero-order valence-corrected chi connectivity index (χ0v) is 18.2. The number of piperidine rings is 1. The Kier molecular flexibility index (Phi) is 6.06. The number of benzene rings is 1. The Morgan fingerprint density at radius 1 is 1.00 bits per heavy atom. The molecule has 0 spiro atoms. The quantitative estimate of drug-likeness (QED) is 0.539. The van der Waals surface area contributed by atoms with Crippen LogP contribution >= 0.6 is 0 Å². The molecule has 1 amide bonds. The molecule has 0 radical (unpaired) electrons. The third-order valence-corrected chi connectivity index (χ3v) is 6.29. The van der Waals surface area contributed by atoms with Crippen molar-refractivity contribution in [2.24, 2.45) is 5.14 Å². The lowest BCUT2D eigenvalue weighted by Gasteiger charge is -2.30. The zero-order valence-electron chi connectivity index (χ0n) is 17.4. The van der Waals surface area contributed by atoms with Crippen LogP contribution in [0.1, 0.15) is 29.8 Å². The molecule has 0 bridgehead atoms. The highest BCUT2D eigenvalue weighted by Gasteiger charge is 2.19. The lowest BCUT2D eigenvalue weighted by atomic mass is 10.1. The van der Waals surface area contributed by atoms with E-state index < -0.39 is 15.9 Å². The first-order valence-corrected chi connectivity index (χ1v) is 11.8. The number of rotatable bonds is 5. The van der Waals surface area contributed by atoms with E-state index >= 15 is 0 Å². The molecular weight excluding hydrogens is 428 g/mol. The van der Waals surface area contributed by atoms with Gasteiger partial charge in [0, 0.05) is 24.8 Å². The largest absolute Gasteiger partial charge is 0.397 e. The molecule has 3 aromatic rings. The Morgan fingerprint density at radius 2 is 1.72 bits per heavy atom. The monoisotopic (exact) mass is 452 g/mol. The lowest BCUT2D eigenvalue weighted by Crippen LogP contribution is -2.30. The Hall–Kier alpha value is -3.50. The average Bonchev–Trinajstić information content (AvgIpc) is 2.80. The second kappa shape index (κ2) is 8.93. The third kappa shape index (κ3) is 4.71. The van der Waals surface area contributed by atoms with Crippen LogP contribution in [0.25, 0.3) is 11.3 Å². The van der Waals surface area contributed by atoms with Gasteiger partial charge in [-0.05, 0) is 49.6 Å². The lowest BCUT2D eigenvalue weighted by molar-refractivity contribution is 0.102. The standard InChI is InChI=1S/C22H24N6O3S/c23-17-8-9-18(15-4-6-16(7-5-15)32(24,30)31)26-21(17)22(29)27-19-14-25-11-10-20(19)28-12-2-1-3-13-28/h4-11,14H,1-3,12-13,23H2,(H,27,29)(H2,24,30,31). The van der Waals surface area contributed by atoms with E-state index in [1.807, 2.05) is 6.07 Å². The predicted molar refractivity (Wildman–Crippen MR) is 124 cm³/mol. The van der Waals surface area contributed by atoms with Crippen LogP contribution in [0.5, 0.6) is 0 Å². The number of carbonyl (C=O) groups is 1. The first-order chi connectivity index (χ1) is 15.3. The summed E-state index contributed by atoms with van der Waals surface area (Å²) in [6.07, 6.45) is 6.74. The molecule has 1 aliphatic rings. The number of aromatic nitrogens is 2. The summed E-state index contributed by atoms with van der Waals surface area (Å²) in [6.45, 7) is 1.86. The molecule has 1 saturated heterocycles. The summed E-state index contributed by atoms with van der Waals surface area (Å²) in [7, 11) is -3.79. The summed E-state index contributed by atoms with van der Waals surface area (Å²) < 4.78 is 22.9. The van der Waals surface area contributed by atoms with Gasteiger partial charge in [-0.1, -0.05) is 12.1 Å². The molecule has 166 valence electrons. The fraction of sp³-hybridized carbons (Fsp3) is 0.227. The number of nitrogens with zero attached hydrogens (tertiary/aromatic N) is 3. The van der Waals surface area contributed by atoms with Gasteiger partial charge in [0.2, 0.25) is 10.0 Å². The highest BCUT2D eigenvalue weighted by Crippen LogP contribution is 2.28. The van der Waals surface area contributed by atoms with E-state index in [1.54, 1.807) is 36.7 Å². The van der Waals surface area contributed by atoms with Gasteiger partial charge in [0.1, 0.15) is 0 Å². The molecule has 0 aliphatic carbocycles. The van der Waals surface area contributed by atoms with Crippen LogP contribution in [0.2, 0.25) is 0 Å². The number of primary sulfonamides is 1. The van der Waals surface area contributed by atoms with E-state index in [4.69, 9.17) is 10.9 Å². The molecule has 2 aromatic heterocycles. The van der Waals surface area contributed by atoms with Gasteiger partial charge in [-0.25, -0.2) is 18.5 Å². The number of nitrogens with two attached hydrogens (primary N) is 2. The Bertz CT molecular complexity index is 1240. The Morgan fingerprint density at radius 3 is 2.41 bits per heavy atom. The number of anilines is 3. The minimum atomic E-state index is -3.79. The van der Waals surface area contributed by atoms with Crippen LogP contribution in [-0.2, 0) is 10.0 Å². The van der Waals surface area contributed by atoms with Gasteiger partial charge in [-0.2, -0.15) is 0 Å². The number of nitrogen functional groups attached to an aromatic ring is 1. The number of hydrogen-bond donors (Lipinski definition) is 3. The summed E-state index contributed by atoms with van der Waals surface area (Å²) in [4.78, 5) is 23.8. The Balaban J connectivity index is 1.60. The number of pyridine rings is 2. The fourth-order valence-electron chi connectivity index (χ4n) is 3.70. The normalized spacial score (nSPS) is 14.2. The molecule has 0 unspecified atom stereocenters. The van der Waals surface area contributed by atoms with Crippen molar-refractivity contribution in [2.45, 2.75) is 24.2 Å². The minimum Gasteiger partial charge on any atom is -0.397 e. The number of amides is 1. The molecule has 5 N–H and O–H groups in total. The maximum absolute atomic E-state index is 13.0. The highest BCUT2D eigenvalue weighted by atomic mass is 32.2. The topological polar surface area (TPSA) is 144 Å². The van der Waals surface area contributed by atoms with Gasteiger partial charge >= 0.3 is 0 Å². The van der Waals surface area contributed by atoms with Gasteiger partial charge in [0.25, 0.3) is 5.91 Å². The molecule has 0 saturated carbocycles. The summed E-state index contributed by atoms with van der Waals surface area (Å²) in [6, 6.07) is 11.1. The number of nitrogens with one attached hydrogen (secondary N) is 1. The molecule has 10 heteroatoms. The van der Waals surface area contributed by atoms with Crippen LogP contribution in [0.15, 0.2) is 59.8 Å². The average molecular weight is 453 g/mol. The first-order valence-electron chi connectivity index (χ1n) is 10.2. The minimum absolute atomic E-state index is 0.00326. The fourth-order valence-corrected chi connectivity index (χ4v) is 4.22. The summed E-state index contributed by atoms with van der Waals surface area (Å²) >= 11 is 0. The molecular formula is C22H24N6O3S. The van der Waals surface area contributed by atoms with E-state index in [2.05, 4.69) is 20.2 Å². The van der Waals surface area contributed by atoms with Gasteiger partial charge in [0.15, 0.2) is 5.69 Å². The van der Waals surface area contributed by atoms with Crippen molar-refractivity contribution < 1.29 is 13.2 Å². The van der Waals surface area contributed by atoms with Crippen molar-refractivity contribution in [1.82, 2.24) is 9.97 Å². The highest BCUT2D eigenvalue weighted by molar-refractivity contribution is 7.89. The molecule has 32 heavy (non-hydrogen) atoms. The van der Waals surface area contributed by atoms with Crippen LogP contribution in [0.4, 0.5) is 17.1 Å². The van der Waals surface area contributed by atoms with Crippen LogP contribution in [0.3, 0.4) is 0 Å². The molecule has 0 atom stereocenters. The molecule has 1 aliphatic heterocycles. The van der Waals surface area contributed by atoms with Crippen molar-refractivity contribution in [3.63, 3.8) is 0 Å². The summed E-state index contributed by atoms with van der Waals surface area (Å²) in [5, 5.41) is 8.04. The van der Waals surface area contributed by atoms with E-state index in [0.29, 0.717) is 16.9 Å². The summed E-state index contributed by atoms with van der Waals surface area (Å²) in [5.74, 6) is -0.447. The molecule has 1 aromatic carbocycles. The van der Waals surface area contributed by atoms with Crippen molar-refractivity contribution in [2.75, 3.05) is 29.0 Å². The van der Waals surface area contributed by atoms with Crippen LogP contribution < -0.4 is 21.1 Å². The zero-order chi connectivity index (χ0) is 22.7. The van der Waals surface area contributed by atoms with Crippen LogP contribution in [-0.4, -0.2) is 37.4 Å². The van der Waals surface area contributed by atoms with Crippen molar-refractivity contribution in [3.05, 3.63) is 60.6 Å². The molecule has 1 fully saturated rings. The SMILES string of the molecule is Nc1ccc(-c2ccc(S(N)(=O)=O)cc2)nc1C(=O)Nc1cnccc1N1CCCCC1. The summed E-state index contributed by atoms with van der Waals surface area (Å²) in [5.41, 5.74) is 8.97. The predicted octanol–water partition coefficient (Wildman–Crippen LogP) is 2.62. The first kappa shape index (κ1) is 21.7.